The average Bonchev–Trinajstić information content (AvgIpc) is 2.94. The van der Waals surface area contributed by atoms with Crippen molar-refractivity contribution in [3.05, 3.63) is 40.0 Å². The summed E-state index contributed by atoms with van der Waals surface area (Å²) in [5, 5.41) is 6.90. The van der Waals surface area contributed by atoms with E-state index in [2.05, 4.69) is 55.8 Å². The minimum Gasteiger partial charge on any atom is -0.241 e. The molecule has 0 aliphatic heterocycles. The molecule has 0 fully saturated rings. The maximum atomic E-state index is 4.80. The van der Waals surface area contributed by atoms with Crippen molar-refractivity contribution in [3.8, 4) is 11.3 Å². The van der Waals surface area contributed by atoms with Crippen LogP contribution in [0.1, 0.15) is 25.8 Å². The van der Waals surface area contributed by atoms with Crippen molar-refractivity contribution in [2.24, 2.45) is 0 Å². The fourth-order valence-corrected chi connectivity index (χ4v) is 3.78. The number of nitrogens with zero attached hydrogens (tertiary/aromatic N) is 1. The number of fused-ring (bicyclic) bond motifs is 1. The van der Waals surface area contributed by atoms with Crippen LogP contribution < -0.4 is 0 Å². The number of rotatable bonds is 1. The highest BCUT2D eigenvalue weighted by Crippen LogP contribution is 2.36. The summed E-state index contributed by atoms with van der Waals surface area (Å²) in [5.74, 6) is 0. The van der Waals surface area contributed by atoms with Crippen molar-refractivity contribution < 1.29 is 0 Å². The minimum atomic E-state index is 0.134. The largest absolute Gasteiger partial charge is 0.241 e. The Morgan fingerprint density at radius 1 is 1.00 bits per heavy atom. The Labute approximate surface area is 115 Å². The average molecular weight is 273 g/mol. The lowest BCUT2D eigenvalue weighted by Gasteiger charge is -2.13. The lowest BCUT2D eigenvalue weighted by molar-refractivity contribution is 0.586. The fourth-order valence-electron chi connectivity index (χ4n) is 1.92. The quantitative estimate of drug-likeness (QED) is 0.584. The molecule has 0 spiro atoms. The number of aromatic nitrogens is 1. The second kappa shape index (κ2) is 4.18. The number of hydrogen-bond acceptors (Lipinski definition) is 3. The number of thiazole rings is 1. The van der Waals surface area contributed by atoms with Gasteiger partial charge in [0.25, 0.3) is 0 Å². The van der Waals surface area contributed by atoms with Crippen molar-refractivity contribution in [1.82, 2.24) is 4.98 Å². The van der Waals surface area contributed by atoms with Gasteiger partial charge in [0.15, 0.2) is 0 Å². The predicted octanol–water partition coefficient (Wildman–Crippen LogP) is 5.32. The molecule has 0 radical (unpaired) electrons. The molecule has 92 valence electrons. The van der Waals surface area contributed by atoms with Crippen LogP contribution in [0.5, 0.6) is 0 Å². The third-order valence-electron chi connectivity index (χ3n) is 2.90. The normalized spacial score (nSPS) is 12.2. The maximum absolute atomic E-state index is 4.80. The Kier molecular flexibility index (Phi) is 2.76. The third kappa shape index (κ3) is 1.98. The standard InChI is InChI=1S/C15H15NS2/c1-15(2,3)14-16-12(9-18-14)11-8-17-13-7-5-4-6-10(11)13/h4-9H,1-3H3. The zero-order chi connectivity index (χ0) is 12.8. The number of hydrogen-bond donors (Lipinski definition) is 0. The van der Waals surface area contributed by atoms with Crippen molar-refractivity contribution in [2.45, 2.75) is 26.2 Å². The molecule has 0 unspecified atom stereocenters. The van der Waals surface area contributed by atoms with Crippen LogP contribution >= 0.6 is 22.7 Å². The van der Waals surface area contributed by atoms with Crippen LogP contribution in [-0.4, -0.2) is 4.98 Å². The van der Waals surface area contributed by atoms with E-state index in [0.29, 0.717) is 0 Å². The van der Waals surface area contributed by atoms with Crippen molar-refractivity contribution >= 4 is 32.8 Å². The summed E-state index contributed by atoms with van der Waals surface area (Å²) < 4.78 is 1.33. The first-order valence-corrected chi connectivity index (χ1v) is 7.74. The van der Waals surface area contributed by atoms with E-state index in [1.807, 2.05) is 0 Å². The molecule has 2 heterocycles. The lowest BCUT2D eigenvalue weighted by Crippen LogP contribution is -2.10. The summed E-state index contributed by atoms with van der Waals surface area (Å²) >= 11 is 3.55. The highest BCUT2D eigenvalue weighted by molar-refractivity contribution is 7.17. The van der Waals surface area contributed by atoms with Gasteiger partial charge < -0.3 is 0 Å². The molecule has 2 aromatic heterocycles. The Morgan fingerprint density at radius 3 is 2.50 bits per heavy atom. The summed E-state index contributed by atoms with van der Waals surface area (Å²) in [7, 11) is 0. The van der Waals surface area contributed by atoms with Gasteiger partial charge in [-0.1, -0.05) is 39.0 Å². The second-order valence-electron chi connectivity index (χ2n) is 5.43. The van der Waals surface area contributed by atoms with Crippen LogP contribution in [0.4, 0.5) is 0 Å². The first-order valence-electron chi connectivity index (χ1n) is 5.98. The minimum absolute atomic E-state index is 0.134. The van der Waals surface area contributed by atoms with E-state index in [9.17, 15) is 0 Å². The van der Waals surface area contributed by atoms with Gasteiger partial charge in [0.2, 0.25) is 0 Å². The molecule has 0 aliphatic rings. The predicted molar refractivity (Wildman–Crippen MR) is 81.6 cm³/mol. The van der Waals surface area contributed by atoms with Crippen molar-refractivity contribution in [3.63, 3.8) is 0 Å². The zero-order valence-corrected chi connectivity index (χ0v) is 12.4. The van der Waals surface area contributed by atoms with Gasteiger partial charge in [-0.3, -0.25) is 0 Å². The summed E-state index contributed by atoms with van der Waals surface area (Å²) in [5.41, 5.74) is 2.51. The van der Waals surface area contributed by atoms with Gasteiger partial charge >= 0.3 is 0 Å². The third-order valence-corrected chi connectivity index (χ3v) is 5.13. The Balaban J connectivity index is 2.13. The summed E-state index contributed by atoms with van der Waals surface area (Å²) in [6.45, 7) is 6.63. The molecule has 18 heavy (non-hydrogen) atoms. The smallest absolute Gasteiger partial charge is 0.0986 e. The van der Waals surface area contributed by atoms with E-state index in [-0.39, 0.29) is 5.41 Å². The molecule has 0 saturated heterocycles. The molecule has 3 rings (SSSR count). The van der Waals surface area contributed by atoms with E-state index in [0.717, 1.165) is 5.69 Å². The van der Waals surface area contributed by atoms with Crippen molar-refractivity contribution in [1.29, 1.82) is 0 Å². The van der Waals surface area contributed by atoms with E-state index in [4.69, 9.17) is 4.98 Å². The molecule has 1 aromatic carbocycles. The molecule has 0 N–H and O–H groups in total. The van der Waals surface area contributed by atoms with Gasteiger partial charge in [-0.05, 0) is 6.07 Å². The van der Waals surface area contributed by atoms with Gasteiger partial charge in [0.1, 0.15) is 0 Å². The van der Waals surface area contributed by atoms with E-state index in [1.54, 1.807) is 22.7 Å². The van der Waals surface area contributed by atoms with E-state index in [1.165, 1.54) is 20.7 Å². The fraction of sp³-hybridized carbons (Fsp3) is 0.267. The summed E-state index contributed by atoms with van der Waals surface area (Å²) in [6, 6.07) is 8.53. The first kappa shape index (κ1) is 11.9. The molecule has 3 heteroatoms. The van der Waals surface area contributed by atoms with Gasteiger partial charge in [-0.15, -0.1) is 22.7 Å². The Hall–Kier alpha value is -1.19. The highest BCUT2D eigenvalue weighted by Gasteiger charge is 2.19. The maximum Gasteiger partial charge on any atom is 0.0986 e. The van der Waals surface area contributed by atoms with Gasteiger partial charge in [-0.25, -0.2) is 4.98 Å². The van der Waals surface area contributed by atoms with Crippen LogP contribution in [0.15, 0.2) is 35.0 Å². The summed E-state index contributed by atoms with van der Waals surface area (Å²) in [4.78, 5) is 4.80. The Bertz CT molecular complexity index is 686. The van der Waals surface area contributed by atoms with Crippen LogP contribution in [0, 0.1) is 0 Å². The van der Waals surface area contributed by atoms with Gasteiger partial charge in [0.05, 0.1) is 10.7 Å². The summed E-state index contributed by atoms with van der Waals surface area (Å²) in [6.07, 6.45) is 0. The molecule has 0 atom stereocenters. The second-order valence-corrected chi connectivity index (χ2v) is 7.20. The molecule has 0 bridgehead atoms. The van der Waals surface area contributed by atoms with E-state index >= 15 is 0 Å². The van der Waals surface area contributed by atoms with Crippen LogP contribution in [0.3, 0.4) is 0 Å². The molecule has 1 nitrogen and oxygen atoms in total. The molecular weight excluding hydrogens is 258 g/mol. The molecule has 0 amide bonds. The van der Waals surface area contributed by atoms with E-state index < -0.39 is 0 Å². The monoisotopic (exact) mass is 273 g/mol. The first-order chi connectivity index (χ1) is 8.55. The van der Waals surface area contributed by atoms with Crippen LogP contribution in [-0.2, 0) is 5.41 Å². The topological polar surface area (TPSA) is 12.9 Å². The molecule has 0 saturated carbocycles. The number of benzene rings is 1. The molecule has 0 aliphatic carbocycles. The number of thiophene rings is 1. The lowest BCUT2D eigenvalue weighted by atomic mass is 9.98. The van der Waals surface area contributed by atoms with Crippen molar-refractivity contribution in [2.75, 3.05) is 0 Å². The highest BCUT2D eigenvalue weighted by atomic mass is 32.1. The SMILES string of the molecule is CC(C)(C)c1nc(-c2csc3ccccc23)cs1. The molecular formula is C15H15NS2. The van der Waals surface area contributed by atoms with Crippen LogP contribution in [0.2, 0.25) is 0 Å². The zero-order valence-electron chi connectivity index (χ0n) is 10.7. The van der Waals surface area contributed by atoms with Gasteiger partial charge in [-0.2, -0.15) is 0 Å². The molecule has 3 aromatic rings. The van der Waals surface area contributed by atoms with Crippen LogP contribution in [0.25, 0.3) is 21.3 Å². The Morgan fingerprint density at radius 2 is 1.78 bits per heavy atom. The van der Waals surface area contributed by atoms with Gasteiger partial charge in [0, 0.05) is 31.8 Å².